The van der Waals surface area contributed by atoms with E-state index < -0.39 is 10.0 Å². The van der Waals surface area contributed by atoms with Crippen LogP contribution in [0.3, 0.4) is 0 Å². The standard InChI is InChI=1S/C14H21N3O3S/c15-14(18)8-10-17-9-4-5-12(11-17)16-21(19,20)13-6-2-1-3-7-13/h1-3,6-7,12,16H,4-5,8-11H2,(H2,15,18). The third kappa shape index (κ3) is 4.80. The molecular formula is C14H21N3O3S. The van der Waals surface area contributed by atoms with Crippen LogP contribution in [0.4, 0.5) is 0 Å². The number of sulfonamides is 1. The van der Waals surface area contributed by atoms with Crippen molar-refractivity contribution in [2.45, 2.75) is 30.2 Å². The number of primary amides is 1. The summed E-state index contributed by atoms with van der Waals surface area (Å²) >= 11 is 0. The number of likely N-dealkylation sites (tertiary alicyclic amines) is 1. The van der Waals surface area contributed by atoms with Crippen LogP contribution in [0, 0.1) is 0 Å². The van der Waals surface area contributed by atoms with Crippen LogP contribution in [-0.2, 0) is 14.8 Å². The van der Waals surface area contributed by atoms with Crippen molar-refractivity contribution < 1.29 is 13.2 Å². The highest BCUT2D eigenvalue weighted by atomic mass is 32.2. The van der Waals surface area contributed by atoms with Gasteiger partial charge in [-0.25, -0.2) is 13.1 Å². The third-order valence-electron chi connectivity index (χ3n) is 3.56. The number of rotatable bonds is 6. The molecule has 1 aromatic rings. The fraction of sp³-hybridized carbons (Fsp3) is 0.500. The average Bonchev–Trinajstić information content (AvgIpc) is 2.46. The van der Waals surface area contributed by atoms with Gasteiger partial charge in [-0.15, -0.1) is 0 Å². The maximum absolute atomic E-state index is 12.3. The van der Waals surface area contributed by atoms with Gasteiger partial charge in [-0.05, 0) is 31.5 Å². The lowest BCUT2D eigenvalue weighted by atomic mass is 10.1. The van der Waals surface area contributed by atoms with Gasteiger partial charge in [0.1, 0.15) is 0 Å². The third-order valence-corrected chi connectivity index (χ3v) is 5.09. The molecule has 1 unspecified atom stereocenters. The predicted molar refractivity (Wildman–Crippen MR) is 80.0 cm³/mol. The Morgan fingerprint density at radius 2 is 2.05 bits per heavy atom. The van der Waals surface area contributed by atoms with Crippen LogP contribution in [0.1, 0.15) is 19.3 Å². The molecule has 7 heteroatoms. The summed E-state index contributed by atoms with van der Waals surface area (Å²) in [5.41, 5.74) is 5.14. The maximum Gasteiger partial charge on any atom is 0.240 e. The number of nitrogens with two attached hydrogens (primary N) is 1. The number of carbonyl (C=O) groups is 1. The summed E-state index contributed by atoms with van der Waals surface area (Å²) < 4.78 is 27.3. The molecule has 0 aromatic heterocycles. The molecule has 1 aromatic carbocycles. The highest BCUT2D eigenvalue weighted by Gasteiger charge is 2.25. The monoisotopic (exact) mass is 311 g/mol. The second kappa shape index (κ2) is 7.02. The van der Waals surface area contributed by atoms with E-state index in [0.29, 0.717) is 19.5 Å². The van der Waals surface area contributed by atoms with Crippen LogP contribution in [0.25, 0.3) is 0 Å². The van der Waals surface area contributed by atoms with Gasteiger partial charge in [0.2, 0.25) is 15.9 Å². The van der Waals surface area contributed by atoms with Crippen LogP contribution in [0.2, 0.25) is 0 Å². The Kier molecular flexibility index (Phi) is 5.33. The minimum Gasteiger partial charge on any atom is -0.370 e. The SMILES string of the molecule is NC(=O)CCN1CCCC(NS(=O)(=O)c2ccccc2)C1. The Morgan fingerprint density at radius 1 is 1.33 bits per heavy atom. The Hall–Kier alpha value is -1.44. The van der Waals surface area contributed by atoms with E-state index in [4.69, 9.17) is 5.73 Å². The molecule has 1 fully saturated rings. The molecule has 116 valence electrons. The lowest BCUT2D eigenvalue weighted by Gasteiger charge is -2.32. The second-order valence-electron chi connectivity index (χ2n) is 5.29. The van der Waals surface area contributed by atoms with Crippen molar-refractivity contribution in [3.63, 3.8) is 0 Å². The molecule has 0 bridgehead atoms. The summed E-state index contributed by atoms with van der Waals surface area (Å²) in [6.45, 7) is 2.06. The van der Waals surface area contributed by atoms with Crippen LogP contribution >= 0.6 is 0 Å². The van der Waals surface area contributed by atoms with E-state index in [9.17, 15) is 13.2 Å². The predicted octanol–water partition coefficient (Wildman–Crippen LogP) is 0.305. The smallest absolute Gasteiger partial charge is 0.240 e. The molecule has 1 atom stereocenters. The number of amides is 1. The highest BCUT2D eigenvalue weighted by Crippen LogP contribution is 2.14. The fourth-order valence-electron chi connectivity index (χ4n) is 2.51. The van der Waals surface area contributed by atoms with Gasteiger partial charge in [-0.2, -0.15) is 0 Å². The van der Waals surface area contributed by atoms with E-state index in [0.717, 1.165) is 19.4 Å². The van der Waals surface area contributed by atoms with Crippen molar-refractivity contribution in [2.75, 3.05) is 19.6 Å². The van der Waals surface area contributed by atoms with Gasteiger partial charge in [0.15, 0.2) is 0 Å². The van der Waals surface area contributed by atoms with E-state index in [1.165, 1.54) is 0 Å². The van der Waals surface area contributed by atoms with Gasteiger partial charge < -0.3 is 10.6 Å². The van der Waals surface area contributed by atoms with Gasteiger partial charge in [0.25, 0.3) is 0 Å². The lowest BCUT2D eigenvalue weighted by Crippen LogP contribution is -2.48. The van der Waals surface area contributed by atoms with Gasteiger partial charge in [-0.1, -0.05) is 18.2 Å². The van der Waals surface area contributed by atoms with E-state index in [1.807, 2.05) is 0 Å². The Balaban J connectivity index is 1.94. The van der Waals surface area contributed by atoms with Crippen LogP contribution in [-0.4, -0.2) is 44.9 Å². The fourth-order valence-corrected chi connectivity index (χ4v) is 3.79. The first-order valence-corrected chi connectivity index (χ1v) is 8.54. The first-order chi connectivity index (χ1) is 9.97. The van der Waals surface area contributed by atoms with Crippen molar-refractivity contribution in [3.8, 4) is 0 Å². The van der Waals surface area contributed by atoms with E-state index in [1.54, 1.807) is 30.3 Å². The van der Waals surface area contributed by atoms with Crippen LogP contribution in [0.15, 0.2) is 35.2 Å². The van der Waals surface area contributed by atoms with E-state index >= 15 is 0 Å². The van der Waals surface area contributed by atoms with Crippen LogP contribution < -0.4 is 10.5 Å². The van der Waals surface area contributed by atoms with Crippen LogP contribution in [0.5, 0.6) is 0 Å². The highest BCUT2D eigenvalue weighted by molar-refractivity contribution is 7.89. The summed E-state index contributed by atoms with van der Waals surface area (Å²) in [6, 6.07) is 8.22. The molecule has 3 N–H and O–H groups in total. The lowest BCUT2D eigenvalue weighted by molar-refractivity contribution is -0.118. The Morgan fingerprint density at radius 3 is 2.71 bits per heavy atom. The summed E-state index contributed by atoms with van der Waals surface area (Å²) in [5, 5.41) is 0. The zero-order chi connectivity index (χ0) is 15.3. The minimum atomic E-state index is -3.48. The maximum atomic E-state index is 12.3. The summed E-state index contributed by atoms with van der Waals surface area (Å²) in [7, 11) is -3.48. The average molecular weight is 311 g/mol. The number of hydrogen-bond acceptors (Lipinski definition) is 4. The first kappa shape index (κ1) is 15.9. The number of carbonyl (C=O) groups excluding carboxylic acids is 1. The normalized spacial score (nSPS) is 20.3. The molecule has 21 heavy (non-hydrogen) atoms. The molecule has 1 heterocycles. The number of benzene rings is 1. The van der Waals surface area contributed by atoms with Crippen molar-refractivity contribution in [1.29, 1.82) is 0 Å². The Labute approximate surface area is 125 Å². The summed E-state index contributed by atoms with van der Waals surface area (Å²) in [6.07, 6.45) is 2.01. The molecule has 0 saturated carbocycles. The van der Waals surface area contributed by atoms with Gasteiger partial charge in [-0.3, -0.25) is 4.79 Å². The molecule has 1 amide bonds. The molecule has 0 aliphatic carbocycles. The molecule has 1 saturated heterocycles. The topological polar surface area (TPSA) is 92.5 Å². The minimum absolute atomic E-state index is 0.128. The van der Waals surface area contributed by atoms with E-state index in [-0.39, 0.29) is 16.8 Å². The molecule has 2 rings (SSSR count). The largest absolute Gasteiger partial charge is 0.370 e. The summed E-state index contributed by atoms with van der Waals surface area (Å²) in [4.78, 5) is 13.2. The van der Waals surface area contributed by atoms with Crippen molar-refractivity contribution in [2.24, 2.45) is 5.73 Å². The zero-order valence-electron chi connectivity index (χ0n) is 11.9. The molecule has 1 aliphatic heterocycles. The molecule has 6 nitrogen and oxygen atoms in total. The first-order valence-electron chi connectivity index (χ1n) is 7.05. The van der Waals surface area contributed by atoms with E-state index in [2.05, 4.69) is 9.62 Å². The number of nitrogens with one attached hydrogen (secondary N) is 1. The molecule has 0 radical (unpaired) electrons. The zero-order valence-corrected chi connectivity index (χ0v) is 12.7. The summed E-state index contributed by atoms with van der Waals surface area (Å²) in [5.74, 6) is -0.331. The van der Waals surface area contributed by atoms with Gasteiger partial charge in [0, 0.05) is 25.6 Å². The van der Waals surface area contributed by atoms with Crippen molar-refractivity contribution >= 4 is 15.9 Å². The Bertz CT molecular complexity index is 574. The van der Waals surface area contributed by atoms with Crippen molar-refractivity contribution in [1.82, 2.24) is 9.62 Å². The molecule has 0 spiro atoms. The van der Waals surface area contributed by atoms with Crippen molar-refractivity contribution in [3.05, 3.63) is 30.3 Å². The quantitative estimate of drug-likeness (QED) is 0.790. The number of nitrogens with zero attached hydrogens (tertiary/aromatic N) is 1. The molecular weight excluding hydrogens is 290 g/mol. The second-order valence-corrected chi connectivity index (χ2v) is 7.00. The number of piperidine rings is 1. The van der Waals surface area contributed by atoms with Gasteiger partial charge in [0.05, 0.1) is 4.90 Å². The van der Waals surface area contributed by atoms with Gasteiger partial charge >= 0.3 is 0 Å². The molecule has 1 aliphatic rings. The number of hydrogen-bond donors (Lipinski definition) is 2.